The highest BCUT2D eigenvalue weighted by Crippen LogP contribution is 2.46. The highest BCUT2D eigenvalue weighted by atomic mass is 16.3. The fourth-order valence-electron chi connectivity index (χ4n) is 5.76. The molecule has 4 heteroatoms. The molecule has 0 spiro atoms. The third-order valence-corrected chi connectivity index (χ3v) is 7.14. The van der Waals surface area contributed by atoms with Crippen LogP contribution >= 0.6 is 0 Å². The van der Waals surface area contributed by atoms with E-state index in [1.54, 1.807) is 0 Å². The third kappa shape index (κ3) is 1.93. The van der Waals surface area contributed by atoms with Crippen molar-refractivity contribution in [2.24, 2.45) is 0 Å². The largest absolute Gasteiger partial charge is 0.455 e. The number of rotatable bonds is 0. The van der Waals surface area contributed by atoms with Gasteiger partial charge in [0.05, 0.1) is 45.2 Å². The van der Waals surface area contributed by atoms with Gasteiger partial charge in [0, 0.05) is 26.9 Å². The molecule has 0 unspecified atom stereocenters. The fraction of sp³-hybridized carbons (Fsp3) is 0. The van der Waals surface area contributed by atoms with Crippen LogP contribution in [0.5, 0.6) is 0 Å². The zero-order valence-corrected chi connectivity index (χ0v) is 17.8. The molecule has 0 radical (unpaired) electrons. The molecule has 0 aliphatic carbocycles. The van der Waals surface area contributed by atoms with Gasteiger partial charge in [0.1, 0.15) is 11.2 Å². The van der Waals surface area contributed by atoms with E-state index in [2.05, 4.69) is 46.9 Å². The average Bonchev–Trinajstić information content (AvgIpc) is 3.39. The molecule has 154 valence electrons. The molecule has 0 saturated carbocycles. The van der Waals surface area contributed by atoms with Crippen molar-refractivity contribution in [3.8, 4) is 12.1 Å². The molecule has 0 aliphatic heterocycles. The summed E-state index contributed by atoms with van der Waals surface area (Å²) in [6.45, 7) is 0. The van der Waals surface area contributed by atoms with Crippen molar-refractivity contribution in [2.75, 3.05) is 0 Å². The minimum absolute atomic E-state index is 0.600. The number of aromatic nitrogens is 1. The fourth-order valence-corrected chi connectivity index (χ4v) is 5.76. The summed E-state index contributed by atoms with van der Waals surface area (Å²) in [4.78, 5) is 0. The van der Waals surface area contributed by atoms with Gasteiger partial charge in [0.15, 0.2) is 0 Å². The van der Waals surface area contributed by atoms with E-state index < -0.39 is 0 Å². The van der Waals surface area contributed by atoms with Gasteiger partial charge in [0.25, 0.3) is 0 Å². The van der Waals surface area contributed by atoms with Crippen LogP contribution in [0.25, 0.3) is 70.8 Å². The van der Waals surface area contributed by atoms with Crippen LogP contribution in [0.15, 0.2) is 83.3 Å². The lowest BCUT2D eigenvalue weighted by Crippen LogP contribution is -1.84. The maximum Gasteiger partial charge on any atom is 0.145 e. The van der Waals surface area contributed by atoms with E-state index in [4.69, 9.17) is 4.42 Å². The minimum Gasteiger partial charge on any atom is -0.455 e. The molecule has 3 heterocycles. The number of nitriles is 2. The van der Waals surface area contributed by atoms with Crippen molar-refractivity contribution in [1.82, 2.24) is 4.40 Å². The lowest BCUT2D eigenvalue weighted by molar-refractivity contribution is 0.666. The van der Waals surface area contributed by atoms with Crippen LogP contribution in [0.1, 0.15) is 11.1 Å². The second kappa shape index (κ2) is 5.84. The second-order valence-electron chi connectivity index (χ2n) is 8.81. The van der Waals surface area contributed by atoms with Gasteiger partial charge in [-0.3, -0.25) is 0 Å². The molecule has 0 saturated heterocycles. The summed E-state index contributed by atoms with van der Waals surface area (Å²) in [7, 11) is 0. The Hall–Kier alpha value is -5.06. The van der Waals surface area contributed by atoms with Crippen molar-refractivity contribution in [3.05, 3.63) is 90.0 Å². The first-order valence-electron chi connectivity index (χ1n) is 11.1. The van der Waals surface area contributed by atoms with Crippen LogP contribution in [0.4, 0.5) is 0 Å². The normalized spacial score (nSPS) is 12.1. The molecular formula is C30H13N3O. The van der Waals surface area contributed by atoms with Crippen LogP contribution < -0.4 is 0 Å². The summed E-state index contributed by atoms with van der Waals surface area (Å²) in [6.07, 6.45) is 0. The quantitative estimate of drug-likeness (QED) is 0.183. The number of nitrogens with zero attached hydrogens (tertiary/aromatic N) is 3. The molecule has 0 N–H and O–H groups in total. The molecule has 0 fully saturated rings. The predicted molar refractivity (Wildman–Crippen MR) is 135 cm³/mol. The molecule has 8 rings (SSSR count). The average molecular weight is 431 g/mol. The Bertz CT molecular complexity index is 2240. The molecule has 0 amide bonds. The second-order valence-corrected chi connectivity index (χ2v) is 8.81. The zero-order chi connectivity index (χ0) is 22.6. The first-order valence-corrected chi connectivity index (χ1v) is 11.1. The maximum absolute atomic E-state index is 9.59. The summed E-state index contributed by atoms with van der Waals surface area (Å²) < 4.78 is 8.82. The van der Waals surface area contributed by atoms with Gasteiger partial charge in [-0.25, -0.2) is 0 Å². The van der Waals surface area contributed by atoms with Crippen LogP contribution in [0.2, 0.25) is 0 Å². The Morgan fingerprint density at radius 1 is 0.618 bits per heavy atom. The van der Waals surface area contributed by atoms with Gasteiger partial charge in [-0.05, 0) is 47.2 Å². The van der Waals surface area contributed by atoms with E-state index in [1.165, 1.54) is 0 Å². The first kappa shape index (κ1) is 17.5. The van der Waals surface area contributed by atoms with E-state index in [9.17, 15) is 10.5 Å². The van der Waals surface area contributed by atoms with Crippen molar-refractivity contribution >= 4 is 70.8 Å². The van der Waals surface area contributed by atoms with E-state index in [0.717, 1.165) is 70.8 Å². The highest BCUT2D eigenvalue weighted by molar-refractivity contribution is 6.33. The smallest absolute Gasteiger partial charge is 0.145 e. The summed E-state index contributed by atoms with van der Waals surface area (Å²) >= 11 is 0. The van der Waals surface area contributed by atoms with Crippen molar-refractivity contribution in [1.29, 1.82) is 10.5 Å². The van der Waals surface area contributed by atoms with Gasteiger partial charge < -0.3 is 8.82 Å². The Balaban J connectivity index is 1.77. The molecule has 8 aromatic rings. The van der Waals surface area contributed by atoms with Gasteiger partial charge >= 0.3 is 0 Å². The molecular weight excluding hydrogens is 418 g/mol. The summed E-state index contributed by atoms with van der Waals surface area (Å²) in [5, 5.41) is 27.9. The summed E-state index contributed by atoms with van der Waals surface area (Å²) in [5.41, 5.74) is 5.86. The molecule has 0 bridgehead atoms. The Kier molecular flexibility index (Phi) is 3.00. The van der Waals surface area contributed by atoms with Crippen molar-refractivity contribution in [3.63, 3.8) is 0 Å². The number of benzene rings is 5. The molecule has 5 aromatic carbocycles. The van der Waals surface area contributed by atoms with Crippen molar-refractivity contribution in [2.45, 2.75) is 0 Å². The van der Waals surface area contributed by atoms with E-state index in [1.807, 2.05) is 48.5 Å². The lowest BCUT2D eigenvalue weighted by atomic mass is 9.98. The SMILES string of the molecule is N#Cc1ccc2c3cc4c5cccc6cccc(oc4c4c7ccc(C#N)cc7n(c2c1)c34)c65. The third-order valence-electron chi connectivity index (χ3n) is 7.14. The highest BCUT2D eigenvalue weighted by Gasteiger charge is 2.23. The first-order chi connectivity index (χ1) is 16.8. The Morgan fingerprint density at radius 2 is 1.32 bits per heavy atom. The number of hydrogen-bond donors (Lipinski definition) is 0. The van der Waals surface area contributed by atoms with Crippen LogP contribution in [0, 0.1) is 22.7 Å². The van der Waals surface area contributed by atoms with E-state index in [0.29, 0.717) is 11.1 Å². The van der Waals surface area contributed by atoms with Gasteiger partial charge in [-0.15, -0.1) is 0 Å². The number of fused-ring (bicyclic) bond motifs is 9. The topological polar surface area (TPSA) is 65.1 Å². The monoisotopic (exact) mass is 431 g/mol. The van der Waals surface area contributed by atoms with E-state index in [-0.39, 0.29) is 0 Å². The minimum atomic E-state index is 0.600. The number of hydrogen-bond acceptors (Lipinski definition) is 3. The molecule has 0 aliphatic rings. The summed E-state index contributed by atoms with van der Waals surface area (Å²) in [5.74, 6) is 0. The molecule has 34 heavy (non-hydrogen) atoms. The summed E-state index contributed by atoms with van der Waals surface area (Å²) in [6, 6.07) is 30.9. The Labute approximate surface area is 192 Å². The van der Waals surface area contributed by atoms with Crippen LogP contribution in [-0.2, 0) is 0 Å². The van der Waals surface area contributed by atoms with Gasteiger partial charge in [-0.2, -0.15) is 10.5 Å². The zero-order valence-electron chi connectivity index (χ0n) is 17.8. The Morgan fingerprint density at radius 3 is 2.09 bits per heavy atom. The predicted octanol–water partition coefficient (Wildman–Crippen LogP) is 7.63. The molecule has 4 nitrogen and oxygen atoms in total. The maximum atomic E-state index is 9.59. The van der Waals surface area contributed by atoms with Crippen LogP contribution in [0.3, 0.4) is 0 Å². The van der Waals surface area contributed by atoms with Crippen LogP contribution in [-0.4, -0.2) is 4.40 Å². The molecule has 0 atom stereocenters. The van der Waals surface area contributed by atoms with Crippen molar-refractivity contribution < 1.29 is 4.42 Å². The standard InChI is InChI=1S/C30H13N3O/c31-14-16-7-9-19-22-13-23-20-5-1-3-18-4-2-6-26(27(18)20)34-30(23)28-21-10-8-17(15-32)12-25(21)33(29(22)28)24(19)11-16/h1-13H. The lowest BCUT2D eigenvalue weighted by Gasteiger charge is -2.10. The molecule has 3 aromatic heterocycles. The van der Waals surface area contributed by atoms with E-state index >= 15 is 0 Å². The van der Waals surface area contributed by atoms with Gasteiger partial charge in [0.2, 0.25) is 0 Å². The van der Waals surface area contributed by atoms with Gasteiger partial charge in [-0.1, -0.05) is 42.5 Å².